The fourth-order valence-corrected chi connectivity index (χ4v) is 2.17. The second-order valence-corrected chi connectivity index (χ2v) is 4.72. The first-order chi connectivity index (χ1) is 9.56. The van der Waals surface area contributed by atoms with Crippen molar-refractivity contribution >= 4 is 17.3 Å². The fourth-order valence-electron chi connectivity index (χ4n) is 1.99. The molecule has 0 amide bonds. The number of methoxy groups -OCH3 is 2. The van der Waals surface area contributed by atoms with Gasteiger partial charge in [0.1, 0.15) is 17.6 Å². The maximum atomic E-state index is 10.5. The molecule has 20 heavy (non-hydrogen) atoms. The monoisotopic (exact) mass is 293 g/mol. The zero-order valence-electron chi connectivity index (χ0n) is 11.3. The number of nitrogens with two attached hydrogens (primary N) is 1. The van der Waals surface area contributed by atoms with E-state index in [1.165, 1.54) is 7.11 Å². The highest BCUT2D eigenvalue weighted by molar-refractivity contribution is 6.30. The molecule has 0 saturated heterocycles. The fraction of sp³-hybridized carbons (Fsp3) is 0.200. The van der Waals surface area contributed by atoms with Crippen LogP contribution in [-0.2, 0) is 0 Å². The number of aliphatic hydroxyl groups is 1. The molecule has 0 aliphatic heterocycles. The normalized spacial score (nSPS) is 12.0. The van der Waals surface area contributed by atoms with Crippen molar-refractivity contribution in [1.29, 1.82) is 0 Å². The van der Waals surface area contributed by atoms with Gasteiger partial charge in [0, 0.05) is 27.9 Å². The van der Waals surface area contributed by atoms with Crippen LogP contribution in [-0.4, -0.2) is 19.3 Å². The molecular weight excluding hydrogens is 278 g/mol. The topological polar surface area (TPSA) is 64.7 Å². The minimum atomic E-state index is -0.922. The number of rotatable bonds is 4. The van der Waals surface area contributed by atoms with E-state index >= 15 is 0 Å². The molecule has 0 aliphatic carbocycles. The van der Waals surface area contributed by atoms with E-state index in [0.717, 1.165) is 0 Å². The van der Waals surface area contributed by atoms with Gasteiger partial charge in [0.15, 0.2) is 0 Å². The standard InChI is InChI=1S/C15H16ClNO3/c1-19-10-4-5-11(14(8-10)20-2)15(18)12-7-9(16)3-6-13(12)17/h3-8,15,18H,17H2,1-2H3. The molecule has 0 radical (unpaired) electrons. The molecule has 106 valence electrons. The largest absolute Gasteiger partial charge is 0.497 e. The Hall–Kier alpha value is -1.91. The van der Waals surface area contributed by atoms with Crippen LogP contribution in [0.3, 0.4) is 0 Å². The van der Waals surface area contributed by atoms with E-state index in [4.69, 9.17) is 26.8 Å². The van der Waals surface area contributed by atoms with Gasteiger partial charge in [-0.05, 0) is 30.3 Å². The molecule has 0 heterocycles. The predicted molar refractivity (Wildman–Crippen MR) is 79.5 cm³/mol. The van der Waals surface area contributed by atoms with Crippen molar-refractivity contribution in [3.8, 4) is 11.5 Å². The van der Waals surface area contributed by atoms with Gasteiger partial charge in [0.25, 0.3) is 0 Å². The number of hydrogen-bond donors (Lipinski definition) is 2. The van der Waals surface area contributed by atoms with Crippen LogP contribution in [0.2, 0.25) is 5.02 Å². The third-order valence-corrected chi connectivity index (χ3v) is 3.31. The van der Waals surface area contributed by atoms with Crippen molar-refractivity contribution in [2.75, 3.05) is 20.0 Å². The van der Waals surface area contributed by atoms with Crippen molar-refractivity contribution in [3.63, 3.8) is 0 Å². The van der Waals surface area contributed by atoms with E-state index in [0.29, 0.717) is 33.3 Å². The molecule has 5 heteroatoms. The number of aliphatic hydroxyl groups excluding tert-OH is 1. The van der Waals surface area contributed by atoms with Crippen molar-refractivity contribution in [2.45, 2.75) is 6.10 Å². The summed E-state index contributed by atoms with van der Waals surface area (Å²) in [6.45, 7) is 0. The molecular formula is C15H16ClNO3. The van der Waals surface area contributed by atoms with Crippen molar-refractivity contribution in [1.82, 2.24) is 0 Å². The molecule has 0 bridgehead atoms. The predicted octanol–water partition coefficient (Wildman–Crippen LogP) is 3.02. The molecule has 0 aliphatic rings. The summed E-state index contributed by atoms with van der Waals surface area (Å²) in [4.78, 5) is 0. The third kappa shape index (κ3) is 2.81. The minimum absolute atomic E-state index is 0.472. The lowest BCUT2D eigenvalue weighted by Crippen LogP contribution is -2.06. The van der Waals surface area contributed by atoms with Gasteiger partial charge in [0.2, 0.25) is 0 Å². The molecule has 1 unspecified atom stereocenters. The van der Waals surface area contributed by atoms with Gasteiger partial charge in [-0.25, -0.2) is 0 Å². The van der Waals surface area contributed by atoms with E-state index in [1.54, 1.807) is 43.5 Å². The zero-order chi connectivity index (χ0) is 14.7. The highest BCUT2D eigenvalue weighted by Crippen LogP contribution is 2.35. The SMILES string of the molecule is COc1ccc(C(O)c2cc(Cl)ccc2N)c(OC)c1. The quantitative estimate of drug-likeness (QED) is 0.851. The Labute approximate surface area is 122 Å². The van der Waals surface area contributed by atoms with Crippen LogP contribution in [0.4, 0.5) is 5.69 Å². The van der Waals surface area contributed by atoms with Crippen molar-refractivity contribution in [2.24, 2.45) is 0 Å². The van der Waals surface area contributed by atoms with Gasteiger partial charge in [0.05, 0.1) is 14.2 Å². The third-order valence-electron chi connectivity index (χ3n) is 3.08. The maximum absolute atomic E-state index is 10.5. The molecule has 1 atom stereocenters. The molecule has 4 nitrogen and oxygen atoms in total. The Balaban J connectivity index is 2.47. The van der Waals surface area contributed by atoms with Gasteiger partial charge in [-0.1, -0.05) is 11.6 Å². The molecule has 3 N–H and O–H groups in total. The zero-order valence-corrected chi connectivity index (χ0v) is 12.0. The summed E-state index contributed by atoms with van der Waals surface area (Å²) in [7, 11) is 3.10. The number of hydrogen-bond acceptors (Lipinski definition) is 4. The van der Waals surface area contributed by atoms with E-state index in [-0.39, 0.29) is 0 Å². The highest BCUT2D eigenvalue weighted by atomic mass is 35.5. The Morgan fingerprint density at radius 2 is 1.80 bits per heavy atom. The molecule has 2 aromatic carbocycles. The van der Waals surface area contributed by atoms with Crippen molar-refractivity contribution < 1.29 is 14.6 Å². The van der Waals surface area contributed by atoms with Crippen LogP contribution in [0.15, 0.2) is 36.4 Å². The Morgan fingerprint density at radius 3 is 2.45 bits per heavy atom. The lowest BCUT2D eigenvalue weighted by atomic mass is 9.99. The summed E-state index contributed by atoms with van der Waals surface area (Å²) in [5, 5.41) is 11.0. The Kier molecular flexibility index (Phi) is 4.37. The molecule has 2 aromatic rings. The molecule has 0 fully saturated rings. The highest BCUT2D eigenvalue weighted by Gasteiger charge is 2.18. The summed E-state index contributed by atoms with van der Waals surface area (Å²) in [6.07, 6.45) is -0.922. The molecule has 0 aromatic heterocycles. The smallest absolute Gasteiger partial charge is 0.128 e. The lowest BCUT2D eigenvalue weighted by molar-refractivity contribution is 0.215. The lowest BCUT2D eigenvalue weighted by Gasteiger charge is -2.17. The van der Waals surface area contributed by atoms with Crippen LogP contribution in [0.5, 0.6) is 11.5 Å². The molecule has 2 rings (SSSR count). The van der Waals surface area contributed by atoms with Crippen LogP contribution >= 0.6 is 11.6 Å². The van der Waals surface area contributed by atoms with Gasteiger partial charge < -0.3 is 20.3 Å². The Morgan fingerprint density at radius 1 is 1.05 bits per heavy atom. The summed E-state index contributed by atoms with van der Waals surface area (Å²) in [6, 6.07) is 10.2. The van der Waals surface area contributed by atoms with Crippen LogP contribution in [0.1, 0.15) is 17.2 Å². The summed E-state index contributed by atoms with van der Waals surface area (Å²) in [5.74, 6) is 1.17. The average Bonchev–Trinajstić information content (AvgIpc) is 2.48. The van der Waals surface area contributed by atoms with Crippen molar-refractivity contribution in [3.05, 3.63) is 52.5 Å². The van der Waals surface area contributed by atoms with E-state index in [9.17, 15) is 5.11 Å². The van der Waals surface area contributed by atoms with Crippen LogP contribution in [0.25, 0.3) is 0 Å². The van der Waals surface area contributed by atoms with Gasteiger partial charge in [-0.15, -0.1) is 0 Å². The number of nitrogen functional groups attached to an aromatic ring is 1. The molecule has 0 spiro atoms. The minimum Gasteiger partial charge on any atom is -0.497 e. The maximum Gasteiger partial charge on any atom is 0.128 e. The van der Waals surface area contributed by atoms with E-state index < -0.39 is 6.10 Å². The molecule has 0 saturated carbocycles. The summed E-state index contributed by atoms with van der Waals surface area (Å²) < 4.78 is 10.4. The first-order valence-corrected chi connectivity index (χ1v) is 6.39. The number of anilines is 1. The van der Waals surface area contributed by atoms with Gasteiger partial charge >= 0.3 is 0 Å². The number of ether oxygens (including phenoxy) is 2. The second kappa shape index (κ2) is 6.03. The van der Waals surface area contributed by atoms with Crippen LogP contribution in [0, 0.1) is 0 Å². The van der Waals surface area contributed by atoms with Crippen LogP contribution < -0.4 is 15.2 Å². The van der Waals surface area contributed by atoms with Gasteiger partial charge in [-0.2, -0.15) is 0 Å². The summed E-state index contributed by atoms with van der Waals surface area (Å²) >= 11 is 5.95. The number of halogens is 1. The van der Waals surface area contributed by atoms with E-state index in [1.807, 2.05) is 0 Å². The average molecular weight is 294 g/mol. The Bertz CT molecular complexity index is 616. The number of benzene rings is 2. The first kappa shape index (κ1) is 14.5. The second-order valence-electron chi connectivity index (χ2n) is 4.28. The first-order valence-electron chi connectivity index (χ1n) is 6.01. The van der Waals surface area contributed by atoms with Gasteiger partial charge in [-0.3, -0.25) is 0 Å². The van der Waals surface area contributed by atoms with E-state index in [2.05, 4.69) is 0 Å². The summed E-state index contributed by atoms with van der Waals surface area (Å²) in [5.41, 5.74) is 7.51.